The lowest BCUT2D eigenvalue weighted by atomic mass is 10.1. The van der Waals surface area contributed by atoms with Crippen molar-refractivity contribution in [2.45, 2.75) is 16.7 Å². The van der Waals surface area contributed by atoms with E-state index in [-0.39, 0.29) is 5.91 Å². The van der Waals surface area contributed by atoms with E-state index >= 15 is 0 Å². The van der Waals surface area contributed by atoms with E-state index in [4.69, 9.17) is 11.6 Å². The van der Waals surface area contributed by atoms with Gasteiger partial charge < -0.3 is 0 Å². The summed E-state index contributed by atoms with van der Waals surface area (Å²) in [6, 6.07) is 23.0. The van der Waals surface area contributed by atoms with Crippen molar-refractivity contribution in [2.75, 3.05) is 0 Å². The van der Waals surface area contributed by atoms with Gasteiger partial charge in [0, 0.05) is 20.4 Å². The summed E-state index contributed by atoms with van der Waals surface area (Å²) in [6.45, 7) is 1.98. The van der Waals surface area contributed by atoms with Crippen LogP contribution in [-0.2, 0) is 0 Å². The fraction of sp³-hybridized carbons (Fsp3) is 0.0476. The number of hydrogen-bond acceptors (Lipinski definition) is 3. The van der Waals surface area contributed by atoms with Gasteiger partial charge in [0.25, 0.3) is 5.91 Å². The fourth-order valence-corrected chi connectivity index (χ4v) is 3.14. The molecule has 0 saturated carbocycles. The monoisotopic (exact) mass is 380 g/mol. The number of halogens is 1. The Kier molecular flexibility index (Phi) is 6.10. The van der Waals surface area contributed by atoms with E-state index in [1.807, 2.05) is 67.6 Å². The van der Waals surface area contributed by atoms with Gasteiger partial charge in [-0.1, -0.05) is 53.2 Å². The van der Waals surface area contributed by atoms with Gasteiger partial charge in [0.15, 0.2) is 0 Å². The summed E-state index contributed by atoms with van der Waals surface area (Å²) < 4.78 is 0. The summed E-state index contributed by atoms with van der Waals surface area (Å²) in [5.41, 5.74) is 5.15. The predicted octanol–water partition coefficient (Wildman–Crippen LogP) is 5.56. The number of carbonyl (C=O) groups is 1. The van der Waals surface area contributed by atoms with Crippen molar-refractivity contribution in [3.8, 4) is 0 Å². The Labute approximate surface area is 162 Å². The molecule has 3 aromatic rings. The molecule has 0 atom stereocenters. The van der Waals surface area contributed by atoms with Gasteiger partial charge in [-0.05, 0) is 61.0 Å². The highest BCUT2D eigenvalue weighted by molar-refractivity contribution is 7.99. The molecule has 0 saturated heterocycles. The Morgan fingerprint density at radius 3 is 2.12 bits per heavy atom. The SMILES string of the molecule is Cc1ccc(C(=O)N/N=C\c2ccc(Sc3ccc(Cl)cc3)cc2)cc1. The summed E-state index contributed by atoms with van der Waals surface area (Å²) in [5, 5.41) is 4.75. The molecular weight excluding hydrogens is 364 g/mol. The fourth-order valence-electron chi connectivity index (χ4n) is 2.20. The smallest absolute Gasteiger partial charge is 0.267 e. The molecule has 1 N–H and O–H groups in total. The molecule has 0 heterocycles. The van der Waals surface area contributed by atoms with Gasteiger partial charge in [-0.3, -0.25) is 4.79 Å². The maximum atomic E-state index is 12.0. The van der Waals surface area contributed by atoms with Gasteiger partial charge >= 0.3 is 0 Å². The van der Waals surface area contributed by atoms with Gasteiger partial charge in [-0.15, -0.1) is 0 Å². The minimum absolute atomic E-state index is 0.226. The summed E-state index contributed by atoms with van der Waals surface area (Å²) in [5.74, 6) is -0.226. The van der Waals surface area contributed by atoms with E-state index in [0.717, 1.165) is 25.9 Å². The van der Waals surface area contributed by atoms with E-state index in [0.29, 0.717) is 5.56 Å². The van der Waals surface area contributed by atoms with E-state index in [9.17, 15) is 4.79 Å². The second kappa shape index (κ2) is 8.70. The molecule has 0 aromatic heterocycles. The number of hydrazone groups is 1. The third kappa shape index (κ3) is 5.22. The average molecular weight is 381 g/mol. The lowest BCUT2D eigenvalue weighted by molar-refractivity contribution is 0.0955. The van der Waals surface area contributed by atoms with Crippen LogP contribution in [0, 0.1) is 6.92 Å². The number of rotatable bonds is 5. The van der Waals surface area contributed by atoms with Crippen molar-refractivity contribution >= 4 is 35.5 Å². The molecule has 3 rings (SSSR count). The zero-order valence-electron chi connectivity index (χ0n) is 14.1. The van der Waals surface area contributed by atoms with Gasteiger partial charge in [0.1, 0.15) is 0 Å². The highest BCUT2D eigenvalue weighted by Gasteiger charge is 2.02. The van der Waals surface area contributed by atoms with Crippen LogP contribution in [0.4, 0.5) is 0 Å². The first-order valence-corrected chi connectivity index (χ1v) is 9.23. The first kappa shape index (κ1) is 18.2. The predicted molar refractivity (Wildman–Crippen MR) is 108 cm³/mol. The highest BCUT2D eigenvalue weighted by Crippen LogP contribution is 2.28. The van der Waals surface area contributed by atoms with Crippen LogP contribution >= 0.6 is 23.4 Å². The van der Waals surface area contributed by atoms with Gasteiger partial charge in [0.05, 0.1) is 6.21 Å². The third-order valence-corrected chi connectivity index (χ3v) is 4.89. The van der Waals surface area contributed by atoms with E-state index in [1.54, 1.807) is 30.1 Å². The number of carbonyl (C=O) groups excluding carboxylic acids is 1. The quantitative estimate of drug-likeness (QED) is 0.464. The lowest BCUT2D eigenvalue weighted by Gasteiger charge is -2.03. The highest BCUT2D eigenvalue weighted by atomic mass is 35.5. The number of aryl methyl sites for hydroxylation is 1. The molecule has 3 aromatic carbocycles. The minimum atomic E-state index is -0.226. The van der Waals surface area contributed by atoms with Gasteiger partial charge in [-0.2, -0.15) is 5.10 Å². The Balaban J connectivity index is 1.56. The van der Waals surface area contributed by atoms with Crippen molar-refractivity contribution < 1.29 is 4.79 Å². The Hall–Kier alpha value is -2.56. The average Bonchev–Trinajstić information content (AvgIpc) is 2.65. The molecule has 0 spiro atoms. The number of benzene rings is 3. The molecular formula is C21H17ClN2OS. The van der Waals surface area contributed by atoms with E-state index in [2.05, 4.69) is 10.5 Å². The van der Waals surface area contributed by atoms with Crippen molar-refractivity contribution in [3.05, 3.63) is 94.5 Å². The first-order valence-electron chi connectivity index (χ1n) is 8.04. The van der Waals surface area contributed by atoms with Crippen LogP contribution in [0.15, 0.2) is 87.7 Å². The normalized spacial score (nSPS) is 10.8. The van der Waals surface area contributed by atoms with Gasteiger partial charge in [-0.25, -0.2) is 5.43 Å². The molecule has 1 amide bonds. The van der Waals surface area contributed by atoms with Gasteiger partial charge in [0.2, 0.25) is 0 Å². The van der Waals surface area contributed by atoms with Crippen molar-refractivity contribution in [1.82, 2.24) is 5.43 Å². The van der Waals surface area contributed by atoms with Crippen LogP contribution in [0.2, 0.25) is 5.02 Å². The van der Waals surface area contributed by atoms with E-state index in [1.165, 1.54) is 0 Å². The standard InChI is InChI=1S/C21H17ClN2OS/c1-15-2-6-17(7-3-15)21(25)24-23-14-16-4-10-19(11-5-16)26-20-12-8-18(22)9-13-20/h2-14H,1H3,(H,24,25)/b23-14-. The maximum absolute atomic E-state index is 12.0. The molecule has 5 heteroatoms. The van der Waals surface area contributed by atoms with Crippen LogP contribution in [0.5, 0.6) is 0 Å². The summed E-state index contributed by atoms with van der Waals surface area (Å²) in [6.07, 6.45) is 1.63. The van der Waals surface area contributed by atoms with Crippen molar-refractivity contribution in [3.63, 3.8) is 0 Å². The van der Waals surface area contributed by atoms with E-state index < -0.39 is 0 Å². The molecule has 0 aliphatic heterocycles. The van der Waals surface area contributed by atoms with Crippen LogP contribution in [0.3, 0.4) is 0 Å². The molecule has 26 heavy (non-hydrogen) atoms. The Morgan fingerprint density at radius 1 is 0.923 bits per heavy atom. The van der Waals surface area contributed by atoms with Crippen molar-refractivity contribution in [2.24, 2.45) is 5.10 Å². The molecule has 0 unspecified atom stereocenters. The molecule has 0 bridgehead atoms. The van der Waals surface area contributed by atoms with Crippen LogP contribution < -0.4 is 5.43 Å². The Morgan fingerprint density at radius 2 is 1.50 bits per heavy atom. The number of hydrogen-bond donors (Lipinski definition) is 1. The zero-order chi connectivity index (χ0) is 18.4. The number of nitrogens with one attached hydrogen (secondary N) is 1. The van der Waals surface area contributed by atoms with Crippen molar-refractivity contribution in [1.29, 1.82) is 0 Å². The van der Waals surface area contributed by atoms with Crippen LogP contribution in [-0.4, -0.2) is 12.1 Å². The molecule has 0 fully saturated rings. The zero-order valence-corrected chi connectivity index (χ0v) is 15.7. The van der Waals surface area contributed by atoms with Crippen LogP contribution in [0.25, 0.3) is 0 Å². The third-order valence-electron chi connectivity index (χ3n) is 3.62. The maximum Gasteiger partial charge on any atom is 0.271 e. The minimum Gasteiger partial charge on any atom is -0.267 e. The largest absolute Gasteiger partial charge is 0.271 e. The summed E-state index contributed by atoms with van der Waals surface area (Å²) in [7, 11) is 0. The topological polar surface area (TPSA) is 41.5 Å². The molecule has 0 radical (unpaired) electrons. The summed E-state index contributed by atoms with van der Waals surface area (Å²) >= 11 is 7.56. The lowest BCUT2D eigenvalue weighted by Crippen LogP contribution is -2.17. The number of nitrogens with zero attached hydrogens (tertiary/aromatic N) is 1. The Bertz CT molecular complexity index is 904. The first-order chi connectivity index (χ1) is 12.6. The second-order valence-corrected chi connectivity index (χ2v) is 7.27. The summed E-state index contributed by atoms with van der Waals surface area (Å²) in [4.78, 5) is 14.2. The molecule has 130 valence electrons. The number of amides is 1. The molecule has 0 aliphatic rings. The second-order valence-electron chi connectivity index (χ2n) is 5.69. The molecule has 3 nitrogen and oxygen atoms in total. The van der Waals surface area contributed by atoms with Crippen LogP contribution in [0.1, 0.15) is 21.5 Å². The molecule has 0 aliphatic carbocycles.